The molecule has 9 nitrogen and oxygen atoms in total. The van der Waals surface area contributed by atoms with E-state index in [0.717, 1.165) is 42.4 Å². The van der Waals surface area contributed by atoms with Gasteiger partial charge in [-0.15, -0.1) is 0 Å². The van der Waals surface area contributed by atoms with Crippen LogP contribution in [-0.2, 0) is 4.74 Å². The summed E-state index contributed by atoms with van der Waals surface area (Å²) in [5.74, 6) is 0.411. The van der Waals surface area contributed by atoms with Gasteiger partial charge in [-0.25, -0.2) is 9.78 Å². The first-order valence-corrected chi connectivity index (χ1v) is 11.6. The zero-order valence-electron chi connectivity index (χ0n) is 20.4. The molecule has 0 spiro atoms. The van der Waals surface area contributed by atoms with Gasteiger partial charge in [-0.2, -0.15) is 4.98 Å². The van der Waals surface area contributed by atoms with Gasteiger partial charge in [-0.3, -0.25) is 10.1 Å². The number of ether oxygens (including phenoxy) is 1. The number of fused-ring (bicyclic) bond motifs is 1. The molecule has 9 heteroatoms. The molecule has 3 aromatic rings. The maximum Gasteiger partial charge on any atom is 0.412 e. The third kappa shape index (κ3) is 5.30. The van der Waals surface area contributed by atoms with Crippen molar-refractivity contribution in [3.63, 3.8) is 0 Å². The molecule has 2 heterocycles. The van der Waals surface area contributed by atoms with Crippen LogP contribution in [0.15, 0.2) is 36.5 Å². The van der Waals surface area contributed by atoms with Gasteiger partial charge in [-0.1, -0.05) is 12.8 Å². The molecule has 0 unspecified atom stereocenters. The lowest BCUT2D eigenvalue weighted by Crippen LogP contribution is -2.27. The zero-order valence-corrected chi connectivity index (χ0v) is 20.4. The fourth-order valence-electron chi connectivity index (χ4n) is 4.18. The Hall–Kier alpha value is -3.62. The minimum atomic E-state index is -0.561. The smallest absolute Gasteiger partial charge is 0.412 e. The van der Waals surface area contributed by atoms with Crippen LogP contribution in [0.25, 0.3) is 11.0 Å². The zero-order chi connectivity index (χ0) is 24.5. The fourth-order valence-corrected chi connectivity index (χ4v) is 4.18. The van der Waals surface area contributed by atoms with Gasteiger partial charge in [0.1, 0.15) is 16.9 Å². The Balaban J connectivity index is 1.56. The normalized spacial score (nSPS) is 14.3. The molecule has 0 aliphatic heterocycles. The maximum absolute atomic E-state index is 12.9. The number of amides is 2. The van der Waals surface area contributed by atoms with Crippen LogP contribution in [0.2, 0.25) is 0 Å². The van der Waals surface area contributed by atoms with Crippen molar-refractivity contribution in [1.29, 1.82) is 0 Å². The minimum Gasteiger partial charge on any atom is -0.444 e. The van der Waals surface area contributed by atoms with E-state index in [0.29, 0.717) is 17.3 Å². The Morgan fingerprint density at radius 3 is 2.35 bits per heavy atom. The van der Waals surface area contributed by atoms with E-state index < -0.39 is 11.7 Å². The maximum atomic E-state index is 12.9. The van der Waals surface area contributed by atoms with E-state index in [2.05, 4.69) is 20.2 Å². The summed E-state index contributed by atoms with van der Waals surface area (Å²) in [4.78, 5) is 35.6. The minimum absolute atomic E-state index is 0.0347. The summed E-state index contributed by atoms with van der Waals surface area (Å²) in [6.07, 6.45) is 5.63. The summed E-state index contributed by atoms with van der Waals surface area (Å²) in [5, 5.41) is 6.78. The number of hydrogen-bond acceptors (Lipinski definition) is 6. The van der Waals surface area contributed by atoms with Gasteiger partial charge >= 0.3 is 6.09 Å². The molecule has 2 amide bonds. The number of aromatic nitrogens is 3. The van der Waals surface area contributed by atoms with Crippen molar-refractivity contribution >= 4 is 40.4 Å². The Morgan fingerprint density at radius 2 is 1.74 bits per heavy atom. The van der Waals surface area contributed by atoms with Gasteiger partial charge in [0, 0.05) is 43.1 Å². The van der Waals surface area contributed by atoms with Crippen molar-refractivity contribution < 1.29 is 14.3 Å². The predicted molar refractivity (Wildman–Crippen MR) is 133 cm³/mol. The number of carbonyl (C=O) groups excluding carboxylic acids is 2. The van der Waals surface area contributed by atoms with Crippen LogP contribution in [0.5, 0.6) is 0 Å². The molecule has 1 saturated carbocycles. The first-order valence-electron chi connectivity index (χ1n) is 11.6. The monoisotopic (exact) mass is 464 g/mol. The van der Waals surface area contributed by atoms with Crippen molar-refractivity contribution in [3.8, 4) is 0 Å². The molecule has 1 aliphatic rings. The van der Waals surface area contributed by atoms with Crippen molar-refractivity contribution in [2.75, 3.05) is 24.7 Å². The Kier molecular flexibility index (Phi) is 6.45. The highest BCUT2D eigenvalue weighted by atomic mass is 16.6. The van der Waals surface area contributed by atoms with Crippen LogP contribution in [0.1, 0.15) is 63.0 Å². The van der Waals surface area contributed by atoms with E-state index >= 15 is 0 Å². The molecule has 0 bridgehead atoms. The third-order valence-electron chi connectivity index (χ3n) is 5.68. The first kappa shape index (κ1) is 23.5. The number of benzene rings is 1. The third-order valence-corrected chi connectivity index (χ3v) is 5.68. The SMILES string of the molecule is CN(C)C(=O)c1cc2cnc(Nc3ccc(NC(=O)OC(C)(C)C)cc3)nc2n1C1CCCC1. The highest BCUT2D eigenvalue weighted by Crippen LogP contribution is 2.35. The molecule has 1 aliphatic carbocycles. The molecule has 2 N–H and O–H groups in total. The standard InChI is InChI=1S/C25H32N6O3/c1-25(2,3)34-24(33)28-18-12-10-17(11-13-18)27-23-26-15-16-14-20(22(32)30(4)5)31(21(16)29-23)19-8-6-7-9-19/h10-15,19H,6-9H2,1-5H3,(H,28,33)(H,26,27,29). The summed E-state index contributed by atoms with van der Waals surface area (Å²) in [6.45, 7) is 5.46. The van der Waals surface area contributed by atoms with Crippen molar-refractivity contribution in [2.45, 2.75) is 58.1 Å². The average molecular weight is 465 g/mol. The van der Waals surface area contributed by atoms with Crippen LogP contribution in [0.4, 0.5) is 22.1 Å². The van der Waals surface area contributed by atoms with Crippen molar-refractivity contribution in [2.24, 2.45) is 0 Å². The summed E-state index contributed by atoms with van der Waals surface area (Å²) in [6, 6.07) is 9.36. The molecule has 0 atom stereocenters. The molecule has 34 heavy (non-hydrogen) atoms. The van der Waals surface area contributed by atoms with Gasteiger partial charge in [0.05, 0.1) is 0 Å². The molecule has 180 valence electrons. The quantitative estimate of drug-likeness (QED) is 0.529. The number of nitrogens with one attached hydrogen (secondary N) is 2. The largest absolute Gasteiger partial charge is 0.444 e. The number of rotatable bonds is 5. The second kappa shape index (κ2) is 9.32. The Labute approximate surface area is 199 Å². The second-order valence-electron chi connectivity index (χ2n) is 9.84. The second-order valence-corrected chi connectivity index (χ2v) is 9.84. The average Bonchev–Trinajstić information content (AvgIpc) is 3.40. The molecule has 0 radical (unpaired) electrons. The lowest BCUT2D eigenvalue weighted by Gasteiger charge is -2.19. The number of hydrogen-bond donors (Lipinski definition) is 2. The highest BCUT2D eigenvalue weighted by molar-refractivity contribution is 5.98. The molecular weight excluding hydrogens is 432 g/mol. The fraction of sp³-hybridized carbons (Fsp3) is 0.440. The topological polar surface area (TPSA) is 101 Å². The van der Waals surface area contributed by atoms with Crippen molar-refractivity contribution in [1.82, 2.24) is 19.4 Å². The van der Waals surface area contributed by atoms with E-state index in [4.69, 9.17) is 9.72 Å². The van der Waals surface area contributed by atoms with Crippen LogP contribution < -0.4 is 10.6 Å². The number of carbonyl (C=O) groups is 2. The highest BCUT2D eigenvalue weighted by Gasteiger charge is 2.26. The first-order chi connectivity index (χ1) is 16.1. The molecule has 2 aromatic heterocycles. The van der Waals surface area contributed by atoms with Crippen LogP contribution in [0, 0.1) is 0 Å². The van der Waals surface area contributed by atoms with E-state index in [9.17, 15) is 9.59 Å². The summed E-state index contributed by atoms with van der Waals surface area (Å²) < 4.78 is 7.37. The van der Waals surface area contributed by atoms with Gasteiger partial charge in [0.15, 0.2) is 0 Å². The summed E-state index contributed by atoms with van der Waals surface area (Å²) in [7, 11) is 3.53. The van der Waals surface area contributed by atoms with Gasteiger partial charge < -0.3 is 19.5 Å². The molecule has 4 rings (SSSR count). The van der Waals surface area contributed by atoms with Gasteiger partial charge in [0.25, 0.3) is 5.91 Å². The number of nitrogens with zero attached hydrogens (tertiary/aromatic N) is 4. The Bertz CT molecular complexity index is 1190. The van der Waals surface area contributed by atoms with Crippen molar-refractivity contribution in [3.05, 3.63) is 42.2 Å². The van der Waals surface area contributed by atoms with E-state index in [-0.39, 0.29) is 11.9 Å². The van der Waals surface area contributed by atoms with Crippen LogP contribution in [0.3, 0.4) is 0 Å². The molecule has 0 saturated heterocycles. The van der Waals surface area contributed by atoms with Crippen LogP contribution in [-0.4, -0.2) is 51.1 Å². The van der Waals surface area contributed by atoms with E-state index in [1.807, 2.05) is 39.0 Å². The number of anilines is 3. The van der Waals surface area contributed by atoms with E-state index in [1.165, 1.54) is 0 Å². The predicted octanol–water partition coefficient (Wildman–Crippen LogP) is 5.34. The molecule has 1 fully saturated rings. The van der Waals surface area contributed by atoms with Gasteiger partial charge in [-0.05, 0) is 63.9 Å². The van der Waals surface area contributed by atoms with E-state index in [1.54, 1.807) is 37.3 Å². The van der Waals surface area contributed by atoms with Gasteiger partial charge in [0.2, 0.25) is 5.95 Å². The molecule has 1 aromatic carbocycles. The Morgan fingerprint density at radius 1 is 1.09 bits per heavy atom. The molecular formula is C25H32N6O3. The lowest BCUT2D eigenvalue weighted by atomic mass is 10.2. The summed E-state index contributed by atoms with van der Waals surface area (Å²) in [5.41, 5.74) is 2.25. The van der Waals surface area contributed by atoms with Crippen LogP contribution >= 0.6 is 0 Å². The summed E-state index contributed by atoms with van der Waals surface area (Å²) >= 11 is 0. The lowest BCUT2D eigenvalue weighted by molar-refractivity contribution is 0.0635.